The van der Waals surface area contributed by atoms with Gasteiger partial charge in [-0.15, -0.1) is 0 Å². The molecule has 0 saturated heterocycles. The van der Waals surface area contributed by atoms with Crippen LogP contribution in [0.3, 0.4) is 0 Å². The molecular formula is C5H5ClN2O2S. The highest BCUT2D eigenvalue weighted by atomic mass is 35.5. The summed E-state index contributed by atoms with van der Waals surface area (Å²) in [4.78, 5) is 6.07. The van der Waals surface area contributed by atoms with Gasteiger partial charge in [-0.25, -0.2) is 4.98 Å². The highest BCUT2D eigenvalue weighted by Crippen LogP contribution is 2.02. The van der Waals surface area contributed by atoms with E-state index in [-0.39, 0.29) is 9.92 Å². The lowest BCUT2D eigenvalue weighted by atomic mass is 10.5. The summed E-state index contributed by atoms with van der Waals surface area (Å²) >= 11 is 5.53. The van der Waals surface area contributed by atoms with Crippen LogP contribution in [0.25, 0.3) is 0 Å². The van der Waals surface area contributed by atoms with Gasteiger partial charge in [-0.3, -0.25) is 0 Å². The molecule has 60 valence electrons. The van der Waals surface area contributed by atoms with Crippen LogP contribution in [0.15, 0.2) is 6.07 Å². The largest absolute Gasteiger partial charge is 0.318 e. The summed E-state index contributed by atoms with van der Waals surface area (Å²) in [6, 6.07) is 1.54. The van der Waals surface area contributed by atoms with Crippen LogP contribution >= 0.6 is 11.6 Å². The summed E-state index contributed by atoms with van der Waals surface area (Å²) in [7, 11) is -2.35. The van der Waals surface area contributed by atoms with Crippen molar-refractivity contribution < 1.29 is 8.42 Å². The molecule has 4 nitrogen and oxygen atoms in total. The molecule has 6 heteroatoms. The third kappa shape index (κ3) is 2.06. The standard InChI is InChI=1S/C5H5ClN2O2S/c1-3-2-4(6)8-5(7-3)11(9)10/h2,8H,1H3. The predicted molar refractivity (Wildman–Crippen MR) is 40.5 cm³/mol. The first-order valence-corrected chi connectivity index (χ1v) is 4.20. The lowest BCUT2D eigenvalue weighted by Gasteiger charge is -1.90. The maximum atomic E-state index is 10.4. The van der Waals surface area contributed by atoms with E-state index in [0.29, 0.717) is 5.69 Å². The summed E-state index contributed by atoms with van der Waals surface area (Å²) in [5, 5.41) is 0.261. The minimum atomic E-state index is -2.35. The average Bonchev–Trinajstić information content (AvgIpc) is 1.85. The molecule has 1 heterocycles. The van der Waals surface area contributed by atoms with E-state index in [2.05, 4.69) is 9.97 Å². The van der Waals surface area contributed by atoms with E-state index in [1.54, 1.807) is 6.92 Å². The van der Waals surface area contributed by atoms with Gasteiger partial charge in [-0.2, -0.15) is 8.42 Å². The molecule has 1 rings (SSSR count). The number of aromatic amines is 1. The van der Waals surface area contributed by atoms with Crippen molar-refractivity contribution in [3.8, 4) is 0 Å². The molecule has 0 fully saturated rings. The molecule has 1 N–H and O–H groups in total. The Hall–Kier alpha value is -0.810. The molecule has 11 heavy (non-hydrogen) atoms. The number of nitrogens with one attached hydrogen (secondary N) is 1. The van der Waals surface area contributed by atoms with Crippen molar-refractivity contribution in [1.29, 1.82) is 0 Å². The van der Waals surface area contributed by atoms with Crippen LogP contribution in [0, 0.1) is 11.7 Å². The SMILES string of the molecule is Cc1cc(Cl)[nH]c(=S(=O)=O)n1. The van der Waals surface area contributed by atoms with Crippen LogP contribution in [0.2, 0.25) is 5.15 Å². The molecule has 0 aliphatic rings. The molecule has 1 aromatic rings. The van der Waals surface area contributed by atoms with E-state index in [4.69, 9.17) is 11.6 Å². The van der Waals surface area contributed by atoms with Gasteiger partial charge in [0.1, 0.15) is 5.15 Å². The van der Waals surface area contributed by atoms with Crippen LogP contribution in [-0.4, -0.2) is 18.4 Å². The molecule has 0 atom stereocenters. The van der Waals surface area contributed by atoms with Gasteiger partial charge < -0.3 is 4.98 Å². The molecule has 0 radical (unpaired) electrons. The Kier molecular flexibility index (Phi) is 2.31. The van der Waals surface area contributed by atoms with Gasteiger partial charge in [-0.05, 0) is 13.0 Å². The van der Waals surface area contributed by atoms with Crippen LogP contribution in [0.4, 0.5) is 0 Å². The molecular weight excluding hydrogens is 188 g/mol. The van der Waals surface area contributed by atoms with E-state index in [1.807, 2.05) is 0 Å². The van der Waals surface area contributed by atoms with Crippen molar-refractivity contribution in [3.05, 3.63) is 21.7 Å². The van der Waals surface area contributed by atoms with Crippen LogP contribution < -0.4 is 0 Å². The monoisotopic (exact) mass is 192 g/mol. The minimum Gasteiger partial charge on any atom is -0.318 e. The summed E-state index contributed by atoms with van der Waals surface area (Å²) in [5.41, 5.74) is 0.563. The van der Waals surface area contributed by atoms with Crippen LogP contribution in [0.5, 0.6) is 0 Å². The summed E-state index contributed by atoms with van der Waals surface area (Å²) in [6.45, 7) is 1.66. The number of rotatable bonds is 0. The molecule has 0 aliphatic carbocycles. The second kappa shape index (κ2) is 3.06. The van der Waals surface area contributed by atoms with Crippen LogP contribution in [0.1, 0.15) is 5.69 Å². The van der Waals surface area contributed by atoms with Crippen molar-refractivity contribution in [2.24, 2.45) is 0 Å². The van der Waals surface area contributed by atoms with E-state index < -0.39 is 10.3 Å². The van der Waals surface area contributed by atoms with Gasteiger partial charge in [0.2, 0.25) is 0 Å². The topological polar surface area (TPSA) is 62.8 Å². The molecule has 0 spiro atoms. The molecule has 0 amide bonds. The number of aryl methyl sites for hydroxylation is 1. The van der Waals surface area contributed by atoms with Crippen molar-refractivity contribution in [2.45, 2.75) is 6.92 Å². The van der Waals surface area contributed by atoms with E-state index in [1.165, 1.54) is 6.07 Å². The van der Waals surface area contributed by atoms with Crippen molar-refractivity contribution in [2.75, 3.05) is 0 Å². The van der Waals surface area contributed by atoms with Gasteiger partial charge in [0.15, 0.2) is 0 Å². The lowest BCUT2D eigenvalue weighted by molar-refractivity contribution is 0.623. The molecule has 0 saturated carbocycles. The number of hydrogen-bond acceptors (Lipinski definition) is 3. The number of nitrogens with zero attached hydrogens (tertiary/aromatic N) is 1. The Bertz CT molecular complexity index is 403. The summed E-state index contributed by atoms with van der Waals surface area (Å²) in [6.07, 6.45) is 0. The Labute approximate surface area is 69.4 Å². The summed E-state index contributed by atoms with van der Waals surface area (Å²) < 4.78 is 20.6. The highest BCUT2D eigenvalue weighted by Gasteiger charge is 1.91. The first-order valence-electron chi connectivity index (χ1n) is 2.75. The van der Waals surface area contributed by atoms with Crippen molar-refractivity contribution in [3.63, 3.8) is 0 Å². The second-order valence-electron chi connectivity index (χ2n) is 1.91. The smallest absolute Gasteiger partial charge is 0.258 e. The zero-order valence-electron chi connectivity index (χ0n) is 5.63. The fraction of sp³-hybridized carbons (Fsp3) is 0.200. The third-order valence-electron chi connectivity index (χ3n) is 0.998. The van der Waals surface area contributed by atoms with E-state index >= 15 is 0 Å². The number of halogens is 1. The maximum Gasteiger partial charge on any atom is 0.258 e. The normalized spacial score (nSPS) is 9.64. The van der Waals surface area contributed by atoms with Gasteiger partial charge >= 0.3 is 0 Å². The lowest BCUT2D eigenvalue weighted by Crippen LogP contribution is -1.88. The van der Waals surface area contributed by atoms with Gasteiger partial charge in [0, 0.05) is 5.69 Å². The molecule has 0 bridgehead atoms. The fourth-order valence-corrected chi connectivity index (χ4v) is 1.34. The van der Waals surface area contributed by atoms with Crippen LogP contribution in [-0.2, 0) is 10.3 Å². The van der Waals surface area contributed by atoms with Gasteiger partial charge in [0.05, 0.1) is 0 Å². The Balaban J connectivity index is 3.70. The zero-order chi connectivity index (χ0) is 8.43. The molecule has 1 aromatic heterocycles. The maximum absolute atomic E-state index is 10.4. The number of aromatic nitrogens is 2. The third-order valence-corrected chi connectivity index (χ3v) is 1.71. The highest BCUT2D eigenvalue weighted by molar-refractivity contribution is 7.63. The number of hydrogen-bond donors (Lipinski definition) is 1. The first-order chi connectivity index (χ1) is 5.09. The average molecular weight is 193 g/mol. The number of H-pyrrole nitrogens is 1. The molecule has 0 unspecified atom stereocenters. The minimum absolute atomic E-state index is 0.144. The first kappa shape index (κ1) is 8.29. The molecule has 0 aromatic carbocycles. The molecule has 0 aliphatic heterocycles. The Morgan fingerprint density at radius 3 is 2.73 bits per heavy atom. The Morgan fingerprint density at radius 1 is 1.64 bits per heavy atom. The fourth-order valence-electron chi connectivity index (χ4n) is 0.621. The zero-order valence-corrected chi connectivity index (χ0v) is 7.20. The quantitative estimate of drug-likeness (QED) is 0.488. The Morgan fingerprint density at radius 2 is 2.27 bits per heavy atom. The van der Waals surface area contributed by atoms with Crippen molar-refractivity contribution in [1.82, 2.24) is 9.97 Å². The van der Waals surface area contributed by atoms with Gasteiger partial charge in [-0.1, -0.05) is 11.6 Å². The van der Waals surface area contributed by atoms with Gasteiger partial charge in [0.25, 0.3) is 15.1 Å². The van der Waals surface area contributed by atoms with E-state index in [9.17, 15) is 8.42 Å². The predicted octanol–water partition coefficient (Wildman–Crippen LogP) is 0.783. The second-order valence-corrected chi connectivity index (χ2v) is 3.17. The summed E-state index contributed by atoms with van der Waals surface area (Å²) in [5.74, 6) is 0. The van der Waals surface area contributed by atoms with E-state index in [0.717, 1.165) is 0 Å². The van der Waals surface area contributed by atoms with Crippen molar-refractivity contribution >= 4 is 21.9 Å².